The minimum absolute atomic E-state index is 0.428. The monoisotopic (exact) mass is 254 g/mol. The highest BCUT2D eigenvalue weighted by molar-refractivity contribution is 5.87. The van der Waals surface area contributed by atoms with Crippen molar-refractivity contribution < 1.29 is 32.2 Å². The smallest absolute Gasteiger partial charge is 0.478 e. The van der Waals surface area contributed by atoms with E-state index in [9.17, 15) is 22.4 Å². The molecule has 0 saturated heterocycles. The average molecular weight is 254 g/mol. The van der Waals surface area contributed by atoms with Crippen LogP contribution in [0, 0.1) is 5.82 Å². The summed E-state index contributed by atoms with van der Waals surface area (Å²) in [7, 11) is 0. The Bertz CT molecular complexity index is 447. The van der Waals surface area contributed by atoms with Gasteiger partial charge in [-0.25, -0.2) is 14.2 Å². The predicted octanol–water partition coefficient (Wildman–Crippen LogP) is 1.28. The van der Waals surface area contributed by atoms with Gasteiger partial charge in [-0.05, 0) is 0 Å². The van der Waals surface area contributed by atoms with E-state index in [1.54, 1.807) is 0 Å². The second-order valence-electron chi connectivity index (χ2n) is 2.83. The van der Waals surface area contributed by atoms with Crippen LogP contribution in [0.3, 0.4) is 0 Å². The number of aromatic nitrogens is 1. The molecule has 1 aromatic rings. The largest absolute Gasteiger partial charge is 0.574 e. The molecule has 0 amide bonds. The van der Waals surface area contributed by atoms with Crippen molar-refractivity contribution in [2.45, 2.75) is 12.9 Å². The van der Waals surface area contributed by atoms with Gasteiger partial charge in [0.1, 0.15) is 11.4 Å². The number of rotatable bonds is 3. The van der Waals surface area contributed by atoms with Crippen molar-refractivity contribution in [2.75, 3.05) is 0 Å². The number of carboxylic acid groups (broad SMARTS) is 1. The van der Waals surface area contributed by atoms with Gasteiger partial charge in [-0.2, -0.15) is 0 Å². The van der Waals surface area contributed by atoms with Crippen molar-refractivity contribution in [3.05, 3.63) is 23.1 Å². The molecule has 1 rings (SSSR count). The summed E-state index contributed by atoms with van der Waals surface area (Å²) in [5, 5.41) is 8.53. The molecular weight excluding hydrogens is 248 g/mol. The summed E-state index contributed by atoms with van der Waals surface area (Å²) >= 11 is 0. The molecule has 0 atom stereocenters. The second kappa shape index (κ2) is 4.53. The van der Waals surface area contributed by atoms with E-state index in [-0.39, 0.29) is 0 Å². The third kappa shape index (κ3) is 3.03. The summed E-state index contributed by atoms with van der Waals surface area (Å²) < 4.78 is 52.5. The van der Waals surface area contributed by atoms with Gasteiger partial charge in [0, 0.05) is 12.7 Å². The third-order valence-corrected chi connectivity index (χ3v) is 1.72. The molecule has 0 spiro atoms. The number of ether oxygens (including phenoxy) is 1. The SMILES string of the molecule is NCc1c(OC(F)(F)F)ncc(C(=O)O)c1F. The number of halogens is 4. The molecule has 17 heavy (non-hydrogen) atoms. The van der Waals surface area contributed by atoms with E-state index >= 15 is 0 Å². The van der Waals surface area contributed by atoms with Crippen LogP contribution in [0.15, 0.2) is 6.20 Å². The first kappa shape index (κ1) is 13.2. The lowest BCUT2D eigenvalue weighted by atomic mass is 10.2. The van der Waals surface area contributed by atoms with Gasteiger partial charge in [-0.15, -0.1) is 13.2 Å². The first-order valence-corrected chi connectivity index (χ1v) is 4.12. The molecule has 94 valence electrons. The summed E-state index contributed by atoms with van der Waals surface area (Å²) in [6.07, 6.45) is -4.63. The maximum Gasteiger partial charge on any atom is 0.574 e. The normalized spacial score (nSPS) is 11.4. The quantitative estimate of drug-likeness (QED) is 0.793. The Morgan fingerprint density at radius 3 is 2.53 bits per heavy atom. The van der Waals surface area contributed by atoms with E-state index < -0.39 is 41.7 Å². The Hall–Kier alpha value is -1.90. The Balaban J connectivity index is 3.26. The number of nitrogens with two attached hydrogens (primary N) is 1. The van der Waals surface area contributed by atoms with Crippen molar-refractivity contribution in [1.29, 1.82) is 0 Å². The highest BCUT2D eigenvalue weighted by atomic mass is 19.4. The van der Waals surface area contributed by atoms with Crippen molar-refractivity contribution in [3.8, 4) is 5.88 Å². The van der Waals surface area contributed by atoms with Crippen molar-refractivity contribution in [2.24, 2.45) is 5.73 Å². The molecule has 0 saturated carbocycles. The maximum absolute atomic E-state index is 13.4. The summed E-state index contributed by atoms with van der Waals surface area (Å²) in [5.41, 5.74) is 3.40. The zero-order valence-electron chi connectivity index (χ0n) is 8.08. The number of pyridine rings is 1. The maximum atomic E-state index is 13.4. The van der Waals surface area contributed by atoms with E-state index in [0.29, 0.717) is 6.20 Å². The van der Waals surface area contributed by atoms with Gasteiger partial charge in [-0.3, -0.25) is 0 Å². The van der Waals surface area contributed by atoms with Crippen molar-refractivity contribution in [3.63, 3.8) is 0 Å². The van der Waals surface area contributed by atoms with Gasteiger partial charge in [-0.1, -0.05) is 0 Å². The van der Waals surface area contributed by atoms with Crippen LogP contribution < -0.4 is 10.5 Å². The molecular formula is C8H6F4N2O3. The Kier molecular flexibility index (Phi) is 3.51. The van der Waals surface area contributed by atoms with E-state index in [2.05, 4.69) is 9.72 Å². The lowest BCUT2D eigenvalue weighted by molar-refractivity contribution is -0.276. The molecule has 0 radical (unpaired) electrons. The Labute approximate surface area is 91.8 Å². The van der Waals surface area contributed by atoms with Crippen LogP contribution in [0.1, 0.15) is 15.9 Å². The number of aromatic carboxylic acids is 1. The number of alkyl halides is 3. The van der Waals surface area contributed by atoms with Gasteiger partial charge in [0.2, 0.25) is 5.88 Å². The molecule has 5 nitrogen and oxygen atoms in total. The second-order valence-corrected chi connectivity index (χ2v) is 2.83. The fourth-order valence-corrected chi connectivity index (χ4v) is 1.04. The molecule has 0 fully saturated rings. The Morgan fingerprint density at radius 2 is 2.12 bits per heavy atom. The predicted molar refractivity (Wildman–Crippen MR) is 45.7 cm³/mol. The van der Waals surface area contributed by atoms with E-state index in [1.165, 1.54) is 0 Å². The van der Waals surface area contributed by atoms with Gasteiger partial charge < -0.3 is 15.6 Å². The molecule has 1 heterocycles. The molecule has 0 unspecified atom stereocenters. The molecule has 0 aromatic carbocycles. The first-order valence-electron chi connectivity index (χ1n) is 4.12. The highest BCUT2D eigenvalue weighted by Crippen LogP contribution is 2.27. The van der Waals surface area contributed by atoms with Gasteiger partial charge in [0.05, 0.1) is 5.56 Å². The standard InChI is InChI=1S/C8H6F4N2O3/c9-5-3(1-13)6(17-8(10,11)12)14-2-4(5)7(15)16/h2H,1,13H2,(H,15,16). The van der Waals surface area contributed by atoms with Gasteiger partial charge >= 0.3 is 12.3 Å². The van der Waals surface area contributed by atoms with Gasteiger partial charge in [0.25, 0.3) is 0 Å². The average Bonchev–Trinajstić information content (AvgIpc) is 2.15. The van der Waals surface area contributed by atoms with Crippen LogP contribution in [0.4, 0.5) is 17.6 Å². The lowest BCUT2D eigenvalue weighted by Gasteiger charge is -2.12. The number of nitrogens with zero attached hydrogens (tertiary/aromatic N) is 1. The fraction of sp³-hybridized carbons (Fsp3) is 0.250. The molecule has 9 heteroatoms. The van der Waals surface area contributed by atoms with Crippen LogP contribution in [-0.4, -0.2) is 22.4 Å². The van der Waals surface area contributed by atoms with Crippen LogP contribution in [0.25, 0.3) is 0 Å². The van der Waals surface area contributed by atoms with E-state index in [4.69, 9.17) is 10.8 Å². The van der Waals surface area contributed by atoms with Crippen LogP contribution in [-0.2, 0) is 6.54 Å². The van der Waals surface area contributed by atoms with E-state index in [0.717, 1.165) is 0 Å². The summed E-state index contributed by atoms with van der Waals surface area (Å²) in [6, 6.07) is 0. The molecule has 0 aliphatic carbocycles. The van der Waals surface area contributed by atoms with Crippen LogP contribution in [0.2, 0.25) is 0 Å². The number of hydrogen-bond donors (Lipinski definition) is 2. The number of carbonyl (C=O) groups is 1. The number of hydrogen-bond acceptors (Lipinski definition) is 4. The fourth-order valence-electron chi connectivity index (χ4n) is 1.04. The lowest BCUT2D eigenvalue weighted by Crippen LogP contribution is -2.21. The number of carboxylic acids is 1. The minimum atomic E-state index is -5.06. The Morgan fingerprint density at radius 1 is 1.53 bits per heavy atom. The molecule has 0 aliphatic heterocycles. The zero-order valence-corrected chi connectivity index (χ0v) is 8.08. The highest BCUT2D eigenvalue weighted by Gasteiger charge is 2.34. The minimum Gasteiger partial charge on any atom is -0.478 e. The third-order valence-electron chi connectivity index (χ3n) is 1.72. The zero-order chi connectivity index (χ0) is 13.2. The van der Waals surface area contributed by atoms with Crippen LogP contribution >= 0.6 is 0 Å². The van der Waals surface area contributed by atoms with Crippen molar-refractivity contribution >= 4 is 5.97 Å². The summed E-state index contributed by atoms with van der Waals surface area (Å²) in [5.74, 6) is -4.15. The topological polar surface area (TPSA) is 85.4 Å². The summed E-state index contributed by atoms with van der Waals surface area (Å²) in [6.45, 7) is -0.675. The first-order chi connectivity index (χ1) is 7.76. The molecule has 3 N–H and O–H groups in total. The molecule has 0 aliphatic rings. The van der Waals surface area contributed by atoms with Crippen LogP contribution in [0.5, 0.6) is 5.88 Å². The molecule has 0 bridgehead atoms. The van der Waals surface area contributed by atoms with Gasteiger partial charge in [0.15, 0.2) is 0 Å². The summed E-state index contributed by atoms with van der Waals surface area (Å²) in [4.78, 5) is 13.6. The van der Waals surface area contributed by atoms with E-state index in [1.807, 2.05) is 0 Å². The van der Waals surface area contributed by atoms with Crippen molar-refractivity contribution in [1.82, 2.24) is 4.98 Å². The molecule has 1 aromatic heterocycles.